The molecule has 0 N–H and O–H groups in total. The molecular weight excluding hydrogens is 737 g/mol. The molecule has 2 aromatic heterocycles. The van der Waals surface area contributed by atoms with Gasteiger partial charge >= 0.3 is 0 Å². The van der Waals surface area contributed by atoms with Crippen LogP contribution in [-0.4, -0.2) is 0 Å². The Hall–Kier alpha value is -6.84. The fourth-order valence-electron chi connectivity index (χ4n) is 9.84. The summed E-state index contributed by atoms with van der Waals surface area (Å²) in [6.07, 6.45) is 0. The van der Waals surface area contributed by atoms with Crippen LogP contribution in [-0.2, 0) is 0 Å². The Morgan fingerprint density at radius 1 is 0.241 bits per heavy atom. The maximum absolute atomic E-state index is 2.45. The molecule has 2 heteroatoms. The molecule has 2 heterocycles. The summed E-state index contributed by atoms with van der Waals surface area (Å²) in [5, 5.41) is 18.3. The monoisotopic (exact) mass is 768 g/mol. The van der Waals surface area contributed by atoms with Crippen molar-refractivity contribution in [2.24, 2.45) is 0 Å². The second kappa shape index (κ2) is 12.3. The number of thiophene rings is 2. The van der Waals surface area contributed by atoms with Gasteiger partial charge in [-0.15, -0.1) is 22.7 Å². The van der Waals surface area contributed by atoms with Crippen molar-refractivity contribution in [1.82, 2.24) is 0 Å². The van der Waals surface area contributed by atoms with Crippen molar-refractivity contribution in [2.75, 3.05) is 0 Å². The number of hydrogen-bond donors (Lipinski definition) is 0. The molecule has 0 spiro atoms. The predicted octanol–water partition coefficient (Wildman–Crippen LogP) is 17.2. The quantitative estimate of drug-likeness (QED) is 0.157. The lowest BCUT2D eigenvalue weighted by molar-refractivity contribution is 1.67. The Morgan fingerprint density at radius 2 is 0.672 bits per heavy atom. The van der Waals surface area contributed by atoms with E-state index in [9.17, 15) is 0 Å². The Kier molecular flexibility index (Phi) is 6.86. The maximum Gasteiger partial charge on any atom is 0.0368 e. The minimum atomic E-state index is 1.24. The first kappa shape index (κ1) is 32.3. The standard InChI is InChI=1S/C56H32S2/c1-2-12-34-30-38(25-21-33(34)11-1)52-42-15-5-7-17-44(42)53(45-18-8-6-16-43(45)52)39-26-23-35-29-37(24-22-36(35)31-39)47-32-51-54(41-14-4-3-13-40(41)47)56-50(58-51)28-27-49-55(56)46-19-9-10-20-48(46)57-49/h1-32H. The summed E-state index contributed by atoms with van der Waals surface area (Å²) in [6.45, 7) is 0. The maximum atomic E-state index is 2.45. The lowest BCUT2D eigenvalue weighted by atomic mass is 9.85. The average Bonchev–Trinajstić information content (AvgIpc) is 3.86. The first-order valence-corrected chi connectivity index (χ1v) is 21.5. The summed E-state index contributed by atoms with van der Waals surface area (Å²) in [7, 11) is 0. The largest absolute Gasteiger partial charge is 0.135 e. The normalized spacial score (nSPS) is 12.1. The van der Waals surface area contributed by atoms with E-state index in [2.05, 4.69) is 194 Å². The summed E-state index contributed by atoms with van der Waals surface area (Å²) in [5.41, 5.74) is 7.60. The molecule has 0 unspecified atom stereocenters. The van der Waals surface area contributed by atoms with E-state index in [-0.39, 0.29) is 0 Å². The molecule has 0 aliphatic heterocycles. The van der Waals surface area contributed by atoms with Crippen molar-refractivity contribution in [1.29, 1.82) is 0 Å². The Morgan fingerprint density at radius 3 is 1.33 bits per heavy atom. The van der Waals surface area contributed by atoms with E-state index in [1.54, 1.807) is 0 Å². The molecule has 13 rings (SSSR count). The first-order chi connectivity index (χ1) is 28.7. The highest BCUT2D eigenvalue weighted by molar-refractivity contribution is 7.28. The van der Waals surface area contributed by atoms with Crippen LogP contribution in [0.2, 0.25) is 0 Å². The second-order valence-electron chi connectivity index (χ2n) is 15.5. The number of benzene rings is 11. The van der Waals surface area contributed by atoms with Gasteiger partial charge in [0, 0.05) is 40.3 Å². The summed E-state index contributed by atoms with van der Waals surface area (Å²) < 4.78 is 5.40. The number of rotatable bonds is 3. The number of hydrogen-bond acceptors (Lipinski definition) is 2. The van der Waals surface area contributed by atoms with Gasteiger partial charge in [-0.25, -0.2) is 0 Å². The molecule has 0 nitrogen and oxygen atoms in total. The van der Waals surface area contributed by atoms with E-state index in [1.807, 2.05) is 22.7 Å². The smallest absolute Gasteiger partial charge is 0.0368 e. The van der Waals surface area contributed by atoms with E-state index < -0.39 is 0 Å². The molecule has 0 radical (unpaired) electrons. The SMILES string of the molecule is c1ccc2cc(-c3c4ccccc4c(-c4ccc5cc(-c6cc7sc8ccc9sc%10ccccc%10c9c8c7c7ccccc67)ccc5c4)c4ccccc34)ccc2c1. The Balaban J connectivity index is 0.986. The van der Waals surface area contributed by atoms with Gasteiger partial charge in [0.2, 0.25) is 0 Å². The first-order valence-electron chi connectivity index (χ1n) is 19.9. The lowest BCUT2D eigenvalue weighted by Gasteiger charge is -2.18. The fourth-order valence-corrected chi connectivity index (χ4v) is 12.1. The van der Waals surface area contributed by atoms with Gasteiger partial charge in [-0.3, -0.25) is 0 Å². The molecule has 58 heavy (non-hydrogen) atoms. The molecule has 0 bridgehead atoms. The van der Waals surface area contributed by atoms with E-state index in [0.29, 0.717) is 0 Å². The molecule has 0 atom stereocenters. The summed E-state index contributed by atoms with van der Waals surface area (Å²) in [6, 6.07) is 72.6. The van der Waals surface area contributed by atoms with Gasteiger partial charge in [-0.2, -0.15) is 0 Å². The topological polar surface area (TPSA) is 0 Å². The van der Waals surface area contributed by atoms with E-state index in [1.165, 1.54) is 128 Å². The summed E-state index contributed by atoms with van der Waals surface area (Å²) in [5.74, 6) is 0. The molecule has 0 fully saturated rings. The van der Waals surface area contributed by atoms with Crippen LogP contribution in [0.3, 0.4) is 0 Å². The third kappa shape index (κ3) is 4.68. The van der Waals surface area contributed by atoms with Gasteiger partial charge in [-0.1, -0.05) is 152 Å². The molecule has 0 saturated heterocycles. The zero-order valence-corrected chi connectivity index (χ0v) is 32.9. The fraction of sp³-hybridized carbons (Fsp3) is 0. The molecule has 0 saturated carbocycles. The van der Waals surface area contributed by atoms with Gasteiger partial charge in [0.05, 0.1) is 0 Å². The Labute approximate surface area is 342 Å². The van der Waals surface area contributed by atoms with Gasteiger partial charge in [0.15, 0.2) is 0 Å². The molecule has 0 aliphatic rings. The third-order valence-electron chi connectivity index (χ3n) is 12.4. The highest BCUT2D eigenvalue weighted by atomic mass is 32.1. The minimum absolute atomic E-state index is 1.24. The van der Waals surface area contributed by atoms with Crippen LogP contribution >= 0.6 is 22.7 Å². The van der Waals surface area contributed by atoms with E-state index in [4.69, 9.17) is 0 Å². The molecule has 13 aromatic rings. The van der Waals surface area contributed by atoms with Crippen molar-refractivity contribution < 1.29 is 0 Å². The van der Waals surface area contributed by atoms with Crippen LogP contribution in [0.5, 0.6) is 0 Å². The highest BCUT2D eigenvalue weighted by Crippen LogP contribution is 2.49. The van der Waals surface area contributed by atoms with Gasteiger partial charge in [0.25, 0.3) is 0 Å². The van der Waals surface area contributed by atoms with Crippen LogP contribution in [0, 0.1) is 0 Å². The van der Waals surface area contributed by atoms with Gasteiger partial charge in [0.1, 0.15) is 0 Å². The zero-order valence-electron chi connectivity index (χ0n) is 31.3. The molecule has 0 amide bonds. The van der Waals surface area contributed by atoms with Gasteiger partial charge in [-0.05, 0) is 130 Å². The minimum Gasteiger partial charge on any atom is -0.135 e. The van der Waals surface area contributed by atoms with Crippen LogP contribution in [0.4, 0.5) is 0 Å². The van der Waals surface area contributed by atoms with Crippen LogP contribution < -0.4 is 0 Å². The van der Waals surface area contributed by atoms with Crippen molar-refractivity contribution in [3.05, 3.63) is 194 Å². The van der Waals surface area contributed by atoms with Crippen molar-refractivity contribution in [3.63, 3.8) is 0 Å². The van der Waals surface area contributed by atoms with Crippen LogP contribution in [0.25, 0.3) is 128 Å². The molecule has 268 valence electrons. The highest BCUT2D eigenvalue weighted by Gasteiger charge is 2.20. The lowest BCUT2D eigenvalue weighted by Crippen LogP contribution is -1.91. The van der Waals surface area contributed by atoms with Crippen LogP contribution in [0.15, 0.2) is 194 Å². The average molecular weight is 769 g/mol. The second-order valence-corrected chi connectivity index (χ2v) is 17.7. The number of fused-ring (bicyclic) bond motifs is 13. The zero-order chi connectivity index (χ0) is 37.9. The predicted molar refractivity (Wildman–Crippen MR) is 256 cm³/mol. The van der Waals surface area contributed by atoms with Crippen LogP contribution in [0.1, 0.15) is 0 Å². The Bertz CT molecular complexity index is 3800. The van der Waals surface area contributed by atoms with Gasteiger partial charge < -0.3 is 0 Å². The molecule has 11 aromatic carbocycles. The van der Waals surface area contributed by atoms with Crippen molar-refractivity contribution in [3.8, 4) is 33.4 Å². The molecule has 0 aliphatic carbocycles. The summed E-state index contributed by atoms with van der Waals surface area (Å²) in [4.78, 5) is 0. The molecular formula is C56H32S2. The van der Waals surface area contributed by atoms with E-state index >= 15 is 0 Å². The van der Waals surface area contributed by atoms with E-state index in [0.717, 1.165) is 0 Å². The summed E-state index contributed by atoms with van der Waals surface area (Å²) >= 11 is 3.82. The van der Waals surface area contributed by atoms with Crippen molar-refractivity contribution >= 4 is 117 Å². The van der Waals surface area contributed by atoms with Crippen molar-refractivity contribution in [2.45, 2.75) is 0 Å². The third-order valence-corrected chi connectivity index (χ3v) is 14.6.